The number of ether oxygens (including phenoxy) is 3. The summed E-state index contributed by atoms with van der Waals surface area (Å²) in [5, 5.41) is 0. The standard InChI is InChI=1S/C64H112O6/c1-4-7-10-13-16-19-22-25-28-30-31-32-33-35-36-39-42-45-48-51-54-57-63(66)69-60-61(59-68-62(65)56-53-50-47-44-41-38-27-24-21-18-15-12-9-6-3)70-64(67)58-55-52-49-46-43-40-37-34-29-26-23-20-17-14-11-8-5-2/h7,10,16,19,25,28,31-32,35-36,42,45,61H,4-6,8-9,11-15,17-18,20-24,26-27,29-30,33-34,37-41,43-44,46-60H2,1-3H3/b10-7-,19-16-,28-25-,32-31-,36-35-,45-42-. The smallest absolute Gasteiger partial charge is 0.306 e. The highest BCUT2D eigenvalue weighted by atomic mass is 16.6. The molecule has 0 rings (SSSR count). The third-order valence-corrected chi connectivity index (χ3v) is 13.0. The van der Waals surface area contributed by atoms with Crippen LogP contribution in [0.4, 0.5) is 0 Å². The van der Waals surface area contributed by atoms with Crippen molar-refractivity contribution in [2.75, 3.05) is 13.2 Å². The fraction of sp³-hybridized carbons (Fsp3) is 0.766. The van der Waals surface area contributed by atoms with Gasteiger partial charge in [-0.05, 0) is 70.6 Å². The molecule has 0 aromatic rings. The number of carbonyl (C=O) groups is 3. The molecule has 0 amide bonds. The van der Waals surface area contributed by atoms with Gasteiger partial charge >= 0.3 is 17.9 Å². The number of rotatable bonds is 54. The van der Waals surface area contributed by atoms with Crippen LogP contribution in [0.1, 0.15) is 297 Å². The van der Waals surface area contributed by atoms with Crippen LogP contribution in [0.3, 0.4) is 0 Å². The number of esters is 3. The molecule has 6 heteroatoms. The summed E-state index contributed by atoms with van der Waals surface area (Å²) in [6, 6.07) is 0. The van der Waals surface area contributed by atoms with E-state index < -0.39 is 6.10 Å². The Bertz CT molecular complexity index is 1310. The zero-order valence-corrected chi connectivity index (χ0v) is 46.3. The Hall–Kier alpha value is -3.15. The van der Waals surface area contributed by atoms with E-state index in [0.29, 0.717) is 19.3 Å². The number of hydrogen-bond acceptors (Lipinski definition) is 6. The van der Waals surface area contributed by atoms with Gasteiger partial charge in [0, 0.05) is 19.3 Å². The van der Waals surface area contributed by atoms with Gasteiger partial charge in [-0.25, -0.2) is 0 Å². The highest BCUT2D eigenvalue weighted by molar-refractivity contribution is 5.71. The molecular weight excluding hydrogens is 865 g/mol. The Kier molecular flexibility index (Phi) is 55.8. The van der Waals surface area contributed by atoms with Crippen molar-refractivity contribution in [1.29, 1.82) is 0 Å². The second-order valence-corrected chi connectivity index (χ2v) is 19.9. The lowest BCUT2D eigenvalue weighted by atomic mass is 10.0. The van der Waals surface area contributed by atoms with E-state index in [2.05, 4.69) is 93.7 Å². The summed E-state index contributed by atoms with van der Waals surface area (Å²) in [4.78, 5) is 38.2. The first-order valence-corrected chi connectivity index (χ1v) is 29.9. The number of hydrogen-bond donors (Lipinski definition) is 0. The van der Waals surface area contributed by atoms with Crippen molar-refractivity contribution in [1.82, 2.24) is 0 Å². The van der Waals surface area contributed by atoms with E-state index in [4.69, 9.17) is 14.2 Å². The number of carbonyl (C=O) groups excluding carboxylic acids is 3. The molecule has 0 saturated heterocycles. The lowest BCUT2D eigenvalue weighted by Crippen LogP contribution is -2.30. The van der Waals surface area contributed by atoms with Crippen LogP contribution in [-0.4, -0.2) is 37.2 Å². The van der Waals surface area contributed by atoms with Crippen LogP contribution in [0.5, 0.6) is 0 Å². The maximum atomic E-state index is 12.9. The second kappa shape index (κ2) is 58.4. The van der Waals surface area contributed by atoms with Crippen molar-refractivity contribution in [3.05, 3.63) is 72.9 Å². The molecule has 1 unspecified atom stereocenters. The van der Waals surface area contributed by atoms with Gasteiger partial charge in [0.25, 0.3) is 0 Å². The third kappa shape index (κ3) is 55.8. The SMILES string of the molecule is CC/C=C\C/C=C\C/C=C\C/C=C\C/C=C\C/C=C\CCCCC(=O)OCC(COC(=O)CCCCCCCCCCCCCCCC)OC(=O)CCCCCCCCCCCCCCCCCCC. The van der Waals surface area contributed by atoms with Crippen LogP contribution in [0.2, 0.25) is 0 Å². The highest BCUT2D eigenvalue weighted by Crippen LogP contribution is 2.17. The molecular formula is C64H112O6. The Morgan fingerprint density at radius 3 is 0.871 bits per heavy atom. The Balaban J connectivity index is 4.42. The van der Waals surface area contributed by atoms with Gasteiger partial charge in [-0.1, -0.05) is 280 Å². The molecule has 70 heavy (non-hydrogen) atoms. The van der Waals surface area contributed by atoms with Gasteiger partial charge < -0.3 is 14.2 Å². The summed E-state index contributed by atoms with van der Waals surface area (Å²) in [5.74, 6) is -0.916. The van der Waals surface area contributed by atoms with E-state index in [1.807, 2.05) is 0 Å². The molecule has 0 N–H and O–H groups in total. The Morgan fingerprint density at radius 1 is 0.300 bits per heavy atom. The van der Waals surface area contributed by atoms with Gasteiger partial charge in [0.2, 0.25) is 0 Å². The van der Waals surface area contributed by atoms with Gasteiger partial charge in [0.1, 0.15) is 13.2 Å². The van der Waals surface area contributed by atoms with E-state index in [0.717, 1.165) is 96.3 Å². The van der Waals surface area contributed by atoms with E-state index in [1.54, 1.807) is 0 Å². The first kappa shape index (κ1) is 66.9. The molecule has 0 saturated carbocycles. The predicted molar refractivity (Wildman–Crippen MR) is 302 cm³/mol. The van der Waals surface area contributed by atoms with Gasteiger partial charge in [0.15, 0.2) is 6.10 Å². The van der Waals surface area contributed by atoms with Gasteiger partial charge in [-0.2, -0.15) is 0 Å². The average molecular weight is 978 g/mol. The van der Waals surface area contributed by atoms with E-state index in [-0.39, 0.29) is 31.1 Å². The molecule has 0 aliphatic heterocycles. The molecule has 0 aliphatic carbocycles. The van der Waals surface area contributed by atoms with Crippen molar-refractivity contribution >= 4 is 17.9 Å². The molecule has 0 fully saturated rings. The van der Waals surface area contributed by atoms with E-state index in [1.165, 1.54) is 161 Å². The average Bonchev–Trinajstić information content (AvgIpc) is 3.36. The number of unbranched alkanes of at least 4 members (excludes halogenated alkanes) is 31. The van der Waals surface area contributed by atoms with Crippen molar-refractivity contribution in [2.45, 2.75) is 303 Å². The van der Waals surface area contributed by atoms with E-state index >= 15 is 0 Å². The Morgan fingerprint density at radius 2 is 0.557 bits per heavy atom. The van der Waals surface area contributed by atoms with Crippen molar-refractivity contribution in [3.63, 3.8) is 0 Å². The first-order valence-electron chi connectivity index (χ1n) is 29.9. The van der Waals surface area contributed by atoms with Crippen LogP contribution < -0.4 is 0 Å². The van der Waals surface area contributed by atoms with Crippen molar-refractivity contribution in [3.8, 4) is 0 Å². The maximum Gasteiger partial charge on any atom is 0.306 e. The minimum atomic E-state index is -0.790. The largest absolute Gasteiger partial charge is 0.462 e. The van der Waals surface area contributed by atoms with Crippen molar-refractivity contribution < 1.29 is 28.6 Å². The summed E-state index contributed by atoms with van der Waals surface area (Å²) in [5.41, 5.74) is 0. The van der Waals surface area contributed by atoms with Crippen LogP contribution in [0.15, 0.2) is 72.9 Å². The summed E-state index contributed by atoms with van der Waals surface area (Å²) in [6.45, 7) is 6.53. The van der Waals surface area contributed by atoms with Crippen LogP contribution in [-0.2, 0) is 28.6 Å². The highest BCUT2D eigenvalue weighted by Gasteiger charge is 2.19. The van der Waals surface area contributed by atoms with Crippen LogP contribution in [0.25, 0.3) is 0 Å². The molecule has 0 heterocycles. The minimum Gasteiger partial charge on any atom is -0.462 e. The van der Waals surface area contributed by atoms with Gasteiger partial charge in [-0.15, -0.1) is 0 Å². The normalized spacial score (nSPS) is 12.6. The maximum absolute atomic E-state index is 12.9. The number of allylic oxidation sites excluding steroid dienone is 12. The second-order valence-electron chi connectivity index (χ2n) is 19.9. The van der Waals surface area contributed by atoms with Crippen LogP contribution in [0, 0.1) is 0 Å². The molecule has 0 bridgehead atoms. The summed E-state index contributed by atoms with van der Waals surface area (Å²) in [7, 11) is 0. The lowest BCUT2D eigenvalue weighted by Gasteiger charge is -2.18. The molecule has 0 radical (unpaired) electrons. The predicted octanol–water partition coefficient (Wildman–Crippen LogP) is 20.2. The Labute approximate surface area is 433 Å². The van der Waals surface area contributed by atoms with Gasteiger partial charge in [0.05, 0.1) is 0 Å². The molecule has 6 nitrogen and oxygen atoms in total. The van der Waals surface area contributed by atoms with E-state index in [9.17, 15) is 14.4 Å². The molecule has 0 aromatic heterocycles. The quantitative estimate of drug-likeness (QED) is 0.0261. The first-order chi connectivity index (χ1) is 34.5. The zero-order chi connectivity index (χ0) is 50.7. The fourth-order valence-corrected chi connectivity index (χ4v) is 8.51. The summed E-state index contributed by atoms with van der Waals surface area (Å²) < 4.78 is 16.9. The monoisotopic (exact) mass is 977 g/mol. The molecule has 1 atom stereocenters. The molecule has 404 valence electrons. The van der Waals surface area contributed by atoms with Crippen LogP contribution >= 0.6 is 0 Å². The molecule has 0 spiro atoms. The van der Waals surface area contributed by atoms with Crippen molar-refractivity contribution in [2.24, 2.45) is 0 Å². The summed E-state index contributed by atoms with van der Waals surface area (Å²) >= 11 is 0. The summed E-state index contributed by atoms with van der Waals surface area (Å²) in [6.07, 6.45) is 74.7. The third-order valence-electron chi connectivity index (χ3n) is 13.0. The minimum absolute atomic E-state index is 0.0851. The fourth-order valence-electron chi connectivity index (χ4n) is 8.51. The lowest BCUT2D eigenvalue weighted by molar-refractivity contribution is -0.167. The molecule has 0 aliphatic rings. The topological polar surface area (TPSA) is 78.9 Å². The van der Waals surface area contributed by atoms with Gasteiger partial charge in [-0.3, -0.25) is 14.4 Å². The molecule has 0 aromatic carbocycles. The zero-order valence-electron chi connectivity index (χ0n) is 46.3.